The number of allylic oxidation sites excluding steroid dienone is 5. The van der Waals surface area contributed by atoms with E-state index in [4.69, 9.17) is 6.58 Å². The minimum Gasteiger partial charge on any atom is -0.0817 e. The van der Waals surface area contributed by atoms with Gasteiger partial charge < -0.3 is 0 Å². The molecule has 0 rings (SSSR count). The van der Waals surface area contributed by atoms with Gasteiger partial charge in [0.15, 0.2) is 0 Å². The van der Waals surface area contributed by atoms with Gasteiger partial charge in [-0.05, 0) is 31.1 Å². The van der Waals surface area contributed by atoms with Gasteiger partial charge in [-0.15, -0.1) is 0 Å². The molecule has 0 spiro atoms. The summed E-state index contributed by atoms with van der Waals surface area (Å²) in [6, 6.07) is 0. The largest absolute Gasteiger partial charge is 0.0817 e. The van der Waals surface area contributed by atoms with E-state index in [1.165, 1.54) is 38.5 Å². The highest BCUT2D eigenvalue weighted by molar-refractivity contribution is 5.18. The van der Waals surface area contributed by atoms with Gasteiger partial charge in [0.05, 0.1) is 0 Å². The second-order valence-corrected chi connectivity index (χ2v) is 6.80. The molecule has 0 heteroatoms. The van der Waals surface area contributed by atoms with E-state index < -0.39 is 0 Å². The molecule has 0 aromatic heterocycles. The minimum absolute atomic E-state index is 0.666. The third-order valence-corrected chi connectivity index (χ3v) is 3.90. The highest BCUT2D eigenvalue weighted by atomic mass is 14.1. The summed E-state index contributed by atoms with van der Waals surface area (Å²) in [6.45, 7) is 16.8. The predicted octanol–water partition coefficient (Wildman–Crippen LogP) is 6.75. The molecule has 0 aliphatic carbocycles. The van der Waals surface area contributed by atoms with E-state index in [0.717, 1.165) is 17.4 Å². The molecule has 0 nitrogen and oxygen atoms in total. The van der Waals surface area contributed by atoms with Gasteiger partial charge in [-0.25, -0.2) is 0 Å². The van der Waals surface area contributed by atoms with Crippen LogP contribution in [0.2, 0.25) is 0 Å². The molecular weight excluding hydrogens is 240 g/mol. The van der Waals surface area contributed by atoms with E-state index in [-0.39, 0.29) is 0 Å². The number of hydrogen-bond donors (Lipinski definition) is 0. The van der Waals surface area contributed by atoms with Crippen molar-refractivity contribution in [3.05, 3.63) is 36.5 Å². The Morgan fingerprint density at radius 3 is 2.10 bits per heavy atom. The van der Waals surface area contributed by atoms with Crippen LogP contribution in [-0.2, 0) is 0 Å². The smallest absolute Gasteiger partial charge is 0.0259 e. The quantitative estimate of drug-likeness (QED) is 0.366. The Balaban J connectivity index is 3.69. The fourth-order valence-corrected chi connectivity index (χ4v) is 2.36. The lowest BCUT2D eigenvalue weighted by molar-refractivity contribution is 0.413. The van der Waals surface area contributed by atoms with Crippen molar-refractivity contribution in [1.29, 1.82) is 0 Å². The first-order chi connectivity index (χ1) is 9.45. The van der Waals surface area contributed by atoms with Crippen molar-refractivity contribution in [2.45, 2.75) is 73.1 Å². The van der Waals surface area contributed by atoms with Crippen molar-refractivity contribution < 1.29 is 0 Å². The Morgan fingerprint density at radius 1 is 0.950 bits per heavy atom. The van der Waals surface area contributed by atoms with Gasteiger partial charge in [0.25, 0.3) is 0 Å². The second kappa shape index (κ2) is 12.0. The topological polar surface area (TPSA) is 0 Å². The molecular formula is C20H35. The monoisotopic (exact) mass is 275 g/mol. The number of rotatable bonds is 11. The zero-order valence-corrected chi connectivity index (χ0v) is 14.4. The highest BCUT2D eigenvalue weighted by Crippen LogP contribution is 2.19. The summed E-state index contributed by atoms with van der Waals surface area (Å²) in [4.78, 5) is 0. The van der Waals surface area contributed by atoms with Crippen LogP contribution in [-0.4, -0.2) is 0 Å². The SMILES string of the molecule is [CH]=C/C(C)=C/C=C/C(C)CCCC(C)CCCC(C)C. The van der Waals surface area contributed by atoms with E-state index in [1.807, 2.05) is 6.92 Å². The Morgan fingerprint density at radius 2 is 1.55 bits per heavy atom. The minimum atomic E-state index is 0.666. The fraction of sp³-hybridized carbons (Fsp3) is 0.700. The zero-order chi connectivity index (χ0) is 15.4. The molecule has 0 bridgehead atoms. The molecule has 20 heavy (non-hydrogen) atoms. The normalized spacial score (nSPS) is 15.8. The molecule has 0 aromatic rings. The van der Waals surface area contributed by atoms with Crippen LogP contribution in [0.1, 0.15) is 73.1 Å². The first-order valence-corrected chi connectivity index (χ1v) is 8.35. The highest BCUT2D eigenvalue weighted by Gasteiger charge is 2.04. The molecule has 2 unspecified atom stereocenters. The van der Waals surface area contributed by atoms with E-state index in [9.17, 15) is 0 Å². The molecule has 0 amide bonds. The van der Waals surface area contributed by atoms with Gasteiger partial charge in [-0.3, -0.25) is 0 Å². The Hall–Kier alpha value is -0.780. The van der Waals surface area contributed by atoms with Crippen molar-refractivity contribution in [1.82, 2.24) is 0 Å². The zero-order valence-electron chi connectivity index (χ0n) is 14.4. The lowest BCUT2D eigenvalue weighted by Gasteiger charge is -2.13. The Bertz CT molecular complexity index is 293. The van der Waals surface area contributed by atoms with Crippen LogP contribution in [0.3, 0.4) is 0 Å². The molecule has 0 aromatic carbocycles. The Labute approximate surface area is 128 Å². The van der Waals surface area contributed by atoms with Crippen LogP contribution in [0.25, 0.3) is 0 Å². The number of hydrogen-bond acceptors (Lipinski definition) is 0. The fourth-order valence-electron chi connectivity index (χ4n) is 2.36. The van der Waals surface area contributed by atoms with Gasteiger partial charge in [-0.1, -0.05) is 96.3 Å². The molecule has 1 radical (unpaired) electrons. The summed E-state index contributed by atoms with van der Waals surface area (Å²) in [7, 11) is 0. The molecule has 0 heterocycles. The summed E-state index contributed by atoms with van der Waals surface area (Å²) in [5, 5.41) is 0. The molecule has 0 saturated heterocycles. The van der Waals surface area contributed by atoms with Crippen LogP contribution >= 0.6 is 0 Å². The van der Waals surface area contributed by atoms with Crippen molar-refractivity contribution in [3.8, 4) is 0 Å². The maximum Gasteiger partial charge on any atom is -0.0259 e. The predicted molar refractivity (Wildman–Crippen MR) is 92.6 cm³/mol. The van der Waals surface area contributed by atoms with Gasteiger partial charge in [0.2, 0.25) is 0 Å². The van der Waals surface area contributed by atoms with Crippen molar-refractivity contribution in [2.75, 3.05) is 0 Å². The molecule has 115 valence electrons. The average molecular weight is 275 g/mol. The first kappa shape index (κ1) is 19.2. The molecule has 0 saturated carbocycles. The molecule has 0 aliphatic rings. The third kappa shape index (κ3) is 12.3. The van der Waals surface area contributed by atoms with E-state index in [0.29, 0.717) is 5.92 Å². The summed E-state index contributed by atoms with van der Waals surface area (Å²) in [5.41, 5.74) is 1.12. The van der Waals surface area contributed by atoms with Gasteiger partial charge in [-0.2, -0.15) is 0 Å². The maximum atomic E-state index is 5.43. The molecule has 2 atom stereocenters. The van der Waals surface area contributed by atoms with Crippen LogP contribution in [0, 0.1) is 24.3 Å². The summed E-state index contributed by atoms with van der Waals surface area (Å²) < 4.78 is 0. The van der Waals surface area contributed by atoms with E-state index >= 15 is 0 Å². The van der Waals surface area contributed by atoms with Crippen LogP contribution < -0.4 is 0 Å². The molecule has 0 fully saturated rings. The van der Waals surface area contributed by atoms with Crippen LogP contribution in [0.5, 0.6) is 0 Å². The Kier molecular flexibility index (Phi) is 11.5. The van der Waals surface area contributed by atoms with E-state index in [1.54, 1.807) is 6.08 Å². The van der Waals surface area contributed by atoms with Gasteiger partial charge in [0, 0.05) is 0 Å². The summed E-state index contributed by atoms with van der Waals surface area (Å²) >= 11 is 0. The van der Waals surface area contributed by atoms with E-state index in [2.05, 4.69) is 45.9 Å². The van der Waals surface area contributed by atoms with Crippen molar-refractivity contribution in [2.24, 2.45) is 17.8 Å². The first-order valence-electron chi connectivity index (χ1n) is 8.35. The van der Waals surface area contributed by atoms with Crippen LogP contribution in [0.4, 0.5) is 0 Å². The van der Waals surface area contributed by atoms with Crippen molar-refractivity contribution in [3.63, 3.8) is 0 Å². The summed E-state index contributed by atoms with van der Waals surface area (Å²) in [6.07, 6.45) is 16.3. The molecule has 0 aliphatic heterocycles. The molecule has 0 N–H and O–H groups in total. The van der Waals surface area contributed by atoms with Crippen LogP contribution in [0.15, 0.2) is 29.9 Å². The average Bonchev–Trinajstić information content (AvgIpc) is 2.38. The van der Waals surface area contributed by atoms with Gasteiger partial charge in [0.1, 0.15) is 0 Å². The van der Waals surface area contributed by atoms with Crippen molar-refractivity contribution >= 4 is 0 Å². The van der Waals surface area contributed by atoms with Gasteiger partial charge >= 0.3 is 0 Å². The maximum absolute atomic E-state index is 5.43. The third-order valence-electron chi connectivity index (χ3n) is 3.90. The second-order valence-electron chi connectivity index (χ2n) is 6.80. The summed E-state index contributed by atoms with van der Waals surface area (Å²) in [5.74, 6) is 2.41. The lowest BCUT2D eigenvalue weighted by Crippen LogP contribution is -1.98. The standard InChI is InChI=1S/C20H35/c1-7-18(4)12-9-14-20(6)16-10-15-19(5)13-8-11-17(2)3/h1,7,9,12,14,17,19-20H,8,10-11,13,15-16H2,2-6H3/b7-1?,14-9+,18-12+. The lowest BCUT2D eigenvalue weighted by atomic mass is 9.93.